The SMILES string of the molecule is CCC(C)(C)Oc1ncnc(NN)c1OC. The van der Waals surface area contributed by atoms with E-state index < -0.39 is 0 Å². The molecule has 1 aromatic heterocycles. The monoisotopic (exact) mass is 226 g/mol. The predicted octanol–water partition coefficient (Wildman–Crippen LogP) is 1.34. The quantitative estimate of drug-likeness (QED) is 0.582. The van der Waals surface area contributed by atoms with Gasteiger partial charge in [-0.3, -0.25) is 0 Å². The number of nitrogen functional groups attached to an aromatic ring is 1. The Kier molecular flexibility index (Phi) is 3.89. The largest absolute Gasteiger partial charge is 0.489 e. The Morgan fingerprint density at radius 2 is 2.12 bits per heavy atom. The fourth-order valence-electron chi connectivity index (χ4n) is 1.05. The van der Waals surface area contributed by atoms with E-state index in [1.807, 2.05) is 20.8 Å². The fraction of sp³-hybridized carbons (Fsp3) is 0.600. The second-order valence-corrected chi connectivity index (χ2v) is 3.92. The first-order valence-corrected chi connectivity index (χ1v) is 5.08. The van der Waals surface area contributed by atoms with E-state index in [1.54, 1.807) is 0 Å². The van der Waals surface area contributed by atoms with E-state index in [2.05, 4.69) is 15.4 Å². The first kappa shape index (κ1) is 12.5. The van der Waals surface area contributed by atoms with Crippen LogP contribution in [0.5, 0.6) is 11.6 Å². The van der Waals surface area contributed by atoms with Crippen molar-refractivity contribution in [3.63, 3.8) is 0 Å². The molecule has 1 heterocycles. The minimum atomic E-state index is -0.312. The summed E-state index contributed by atoms with van der Waals surface area (Å²) in [7, 11) is 1.52. The number of hydrogen-bond donors (Lipinski definition) is 2. The molecule has 0 aliphatic carbocycles. The van der Waals surface area contributed by atoms with Gasteiger partial charge in [-0.15, -0.1) is 0 Å². The number of nitrogens with zero attached hydrogens (tertiary/aromatic N) is 2. The summed E-state index contributed by atoms with van der Waals surface area (Å²) < 4.78 is 10.9. The van der Waals surface area contributed by atoms with Crippen molar-refractivity contribution in [3.05, 3.63) is 6.33 Å². The Labute approximate surface area is 95.1 Å². The number of methoxy groups -OCH3 is 1. The summed E-state index contributed by atoms with van der Waals surface area (Å²) >= 11 is 0. The Bertz CT molecular complexity index is 355. The first-order valence-electron chi connectivity index (χ1n) is 5.08. The van der Waals surface area contributed by atoms with Gasteiger partial charge in [0.25, 0.3) is 5.88 Å². The van der Waals surface area contributed by atoms with Crippen molar-refractivity contribution in [1.29, 1.82) is 0 Å². The lowest BCUT2D eigenvalue weighted by Gasteiger charge is -2.25. The van der Waals surface area contributed by atoms with Crippen LogP contribution < -0.4 is 20.7 Å². The normalized spacial score (nSPS) is 11.1. The molecule has 0 aliphatic rings. The van der Waals surface area contributed by atoms with Gasteiger partial charge in [-0.2, -0.15) is 4.98 Å². The van der Waals surface area contributed by atoms with E-state index in [9.17, 15) is 0 Å². The Balaban J connectivity index is 3.04. The zero-order valence-corrected chi connectivity index (χ0v) is 10.1. The van der Waals surface area contributed by atoms with Crippen LogP contribution in [-0.2, 0) is 0 Å². The molecular weight excluding hydrogens is 208 g/mol. The summed E-state index contributed by atoms with van der Waals surface area (Å²) in [5.41, 5.74) is 2.12. The molecule has 90 valence electrons. The van der Waals surface area contributed by atoms with E-state index in [4.69, 9.17) is 15.3 Å². The number of hydrogen-bond acceptors (Lipinski definition) is 6. The van der Waals surface area contributed by atoms with Crippen molar-refractivity contribution in [2.45, 2.75) is 32.8 Å². The summed E-state index contributed by atoms with van der Waals surface area (Å²) in [6.07, 6.45) is 2.23. The summed E-state index contributed by atoms with van der Waals surface area (Å²) in [6, 6.07) is 0. The highest BCUT2D eigenvalue weighted by Crippen LogP contribution is 2.33. The van der Waals surface area contributed by atoms with Crippen LogP contribution in [0.4, 0.5) is 5.82 Å². The highest BCUT2D eigenvalue weighted by molar-refractivity contribution is 5.54. The Hall–Kier alpha value is -1.56. The maximum Gasteiger partial charge on any atom is 0.263 e. The van der Waals surface area contributed by atoms with E-state index >= 15 is 0 Å². The van der Waals surface area contributed by atoms with E-state index in [-0.39, 0.29) is 5.60 Å². The van der Waals surface area contributed by atoms with Crippen molar-refractivity contribution < 1.29 is 9.47 Å². The van der Waals surface area contributed by atoms with Crippen LogP contribution >= 0.6 is 0 Å². The van der Waals surface area contributed by atoms with E-state index in [0.29, 0.717) is 17.4 Å². The molecule has 0 saturated heterocycles. The van der Waals surface area contributed by atoms with E-state index in [0.717, 1.165) is 6.42 Å². The van der Waals surface area contributed by atoms with E-state index in [1.165, 1.54) is 13.4 Å². The van der Waals surface area contributed by atoms with Crippen LogP contribution in [0.3, 0.4) is 0 Å². The topological polar surface area (TPSA) is 82.3 Å². The summed E-state index contributed by atoms with van der Waals surface area (Å²) in [4.78, 5) is 7.97. The molecule has 0 atom stereocenters. The molecule has 6 nitrogen and oxygen atoms in total. The highest BCUT2D eigenvalue weighted by Gasteiger charge is 2.22. The molecule has 1 aromatic rings. The molecule has 16 heavy (non-hydrogen) atoms. The van der Waals surface area contributed by atoms with Gasteiger partial charge in [-0.1, -0.05) is 6.92 Å². The third kappa shape index (κ3) is 2.73. The van der Waals surface area contributed by atoms with Crippen LogP contribution in [0.25, 0.3) is 0 Å². The molecular formula is C10H18N4O2. The van der Waals surface area contributed by atoms with Crippen LogP contribution in [0.1, 0.15) is 27.2 Å². The van der Waals surface area contributed by atoms with Crippen LogP contribution in [0.2, 0.25) is 0 Å². The van der Waals surface area contributed by atoms with Gasteiger partial charge in [0, 0.05) is 0 Å². The van der Waals surface area contributed by atoms with Crippen molar-refractivity contribution >= 4 is 5.82 Å². The average molecular weight is 226 g/mol. The summed E-state index contributed by atoms with van der Waals surface area (Å²) in [5, 5.41) is 0. The van der Waals surface area contributed by atoms with Gasteiger partial charge in [0.05, 0.1) is 7.11 Å². The maximum atomic E-state index is 5.74. The molecule has 6 heteroatoms. The second kappa shape index (κ2) is 4.98. The summed E-state index contributed by atoms with van der Waals surface area (Å²) in [5.74, 6) is 6.51. The van der Waals surface area contributed by atoms with Crippen molar-refractivity contribution in [2.75, 3.05) is 12.5 Å². The molecule has 0 unspecified atom stereocenters. The molecule has 0 aliphatic heterocycles. The zero-order chi connectivity index (χ0) is 12.2. The molecule has 0 saturated carbocycles. The number of ether oxygens (including phenoxy) is 2. The molecule has 0 bridgehead atoms. The van der Waals surface area contributed by atoms with Crippen molar-refractivity contribution in [2.24, 2.45) is 5.84 Å². The molecule has 0 spiro atoms. The number of anilines is 1. The third-order valence-corrected chi connectivity index (χ3v) is 2.34. The number of aromatic nitrogens is 2. The Morgan fingerprint density at radius 3 is 2.62 bits per heavy atom. The lowest BCUT2D eigenvalue weighted by molar-refractivity contribution is 0.0943. The number of nitrogens with one attached hydrogen (secondary N) is 1. The lowest BCUT2D eigenvalue weighted by Crippen LogP contribution is -2.27. The lowest BCUT2D eigenvalue weighted by atomic mass is 10.1. The molecule has 0 radical (unpaired) electrons. The standard InChI is InChI=1S/C10H18N4O2/c1-5-10(2,3)16-9-7(15-4)8(14-11)12-6-13-9/h6H,5,11H2,1-4H3,(H,12,13,14). The van der Waals surface area contributed by atoms with Gasteiger partial charge in [0.2, 0.25) is 5.75 Å². The Morgan fingerprint density at radius 1 is 1.44 bits per heavy atom. The fourth-order valence-corrected chi connectivity index (χ4v) is 1.05. The minimum absolute atomic E-state index is 0.312. The summed E-state index contributed by atoms with van der Waals surface area (Å²) in [6.45, 7) is 5.99. The molecule has 3 N–H and O–H groups in total. The number of rotatable bonds is 5. The van der Waals surface area contributed by atoms with Crippen molar-refractivity contribution in [3.8, 4) is 11.6 Å². The number of nitrogens with two attached hydrogens (primary N) is 1. The van der Waals surface area contributed by atoms with Gasteiger partial charge in [0.1, 0.15) is 11.9 Å². The maximum absolute atomic E-state index is 5.74. The first-order chi connectivity index (χ1) is 7.54. The third-order valence-electron chi connectivity index (χ3n) is 2.34. The van der Waals surface area contributed by atoms with Gasteiger partial charge in [-0.05, 0) is 20.3 Å². The number of hydrazine groups is 1. The van der Waals surface area contributed by atoms with Crippen molar-refractivity contribution in [1.82, 2.24) is 9.97 Å². The van der Waals surface area contributed by atoms with Gasteiger partial charge < -0.3 is 14.9 Å². The predicted molar refractivity (Wildman–Crippen MR) is 61.4 cm³/mol. The van der Waals surface area contributed by atoms with Crippen LogP contribution in [-0.4, -0.2) is 22.7 Å². The van der Waals surface area contributed by atoms with Gasteiger partial charge in [-0.25, -0.2) is 10.8 Å². The second-order valence-electron chi connectivity index (χ2n) is 3.92. The minimum Gasteiger partial charge on any atom is -0.489 e. The molecule has 0 fully saturated rings. The molecule has 0 amide bonds. The van der Waals surface area contributed by atoms with Crippen LogP contribution in [0.15, 0.2) is 6.33 Å². The highest BCUT2D eigenvalue weighted by atomic mass is 16.5. The van der Waals surface area contributed by atoms with Gasteiger partial charge in [0.15, 0.2) is 5.82 Å². The smallest absolute Gasteiger partial charge is 0.263 e. The van der Waals surface area contributed by atoms with Crippen LogP contribution in [0, 0.1) is 0 Å². The zero-order valence-electron chi connectivity index (χ0n) is 10.1. The molecule has 1 rings (SSSR count). The van der Waals surface area contributed by atoms with Gasteiger partial charge >= 0.3 is 0 Å². The molecule has 0 aromatic carbocycles. The average Bonchev–Trinajstić information content (AvgIpc) is 2.28.